The Kier molecular flexibility index (Phi) is 3.32. The summed E-state index contributed by atoms with van der Waals surface area (Å²) in [4.78, 5) is 9.75. The number of nitrogens with zero attached hydrogens (tertiary/aromatic N) is 1. The minimum absolute atomic E-state index is 0.161. The molecule has 4 nitrogen and oxygen atoms in total. The Balaban J connectivity index is 3.13. The third-order valence-electron chi connectivity index (χ3n) is 1.47. The van der Waals surface area contributed by atoms with Gasteiger partial charge in [-0.2, -0.15) is 0 Å². The summed E-state index contributed by atoms with van der Waals surface area (Å²) >= 11 is 5.33. The van der Waals surface area contributed by atoms with Gasteiger partial charge >= 0.3 is 5.69 Å². The average Bonchev–Trinajstić information content (AvgIpc) is 2.16. The highest BCUT2D eigenvalue weighted by Crippen LogP contribution is 2.25. The van der Waals surface area contributed by atoms with E-state index in [1.807, 2.05) is 0 Å². The predicted molar refractivity (Wildman–Crippen MR) is 52.4 cm³/mol. The molecule has 5 heteroatoms. The molecular formula is C9H6ClNO3. The zero-order valence-corrected chi connectivity index (χ0v) is 7.78. The Hall–Kier alpha value is -1.73. The van der Waals surface area contributed by atoms with Crippen molar-refractivity contribution in [3.05, 3.63) is 33.9 Å². The van der Waals surface area contributed by atoms with Gasteiger partial charge in [-0.25, -0.2) is 0 Å². The van der Waals surface area contributed by atoms with Crippen LogP contribution < -0.4 is 0 Å². The Morgan fingerprint density at radius 2 is 2.29 bits per heavy atom. The Morgan fingerprint density at radius 1 is 1.57 bits per heavy atom. The summed E-state index contributed by atoms with van der Waals surface area (Å²) in [7, 11) is 0. The zero-order valence-electron chi connectivity index (χ0n) is 7.03. The summed E-state index contributed by atoms with van der Waals surface area (Å²) in [6.07, 6.45) is 0. The third-order valence-corrected chi connectivity index (χ3v) is 1.61. The van der Waals surface area contributed by atoms with Gasteiger partial charge in [-0.1, -0.05) is 11.8 Å². The van der Waals surface area contributed by atoms with Crippen molar-refractivity contribution in [2.75, 3.05) is 5.88 Å². The Labute approximate surface area is 85.3 Å². The van der Waals surface area contributed by atoms with Crippen LogP contribution in [0.25, 0.3) is 0 Å². The maximum atomic E-state index is 10.4. The predicted octanol–water partition coefficient (Wildman–Crippen LogP) is 1.89. The van der Waals surface area contributed by atoms with Crippen LogP contribution in [-0.4, -0.2) is 15.9 Å². The van der Waals surface area contributed by atoms with Gasteiger partial charge in [0.1, 0.15) is 0 Å². The largest absolute Gasteiger partial charge is 0.502 e. The van der Waals surface area contributed by atoms with Crippen LogP contribution in [0.2, 0.25) is 0 Å². The molecule has 0 unspecified atom stereocenters. The summed E-state index contributed by atoms with van der Waals surface area (Å²) in [5.41, 5.74) is 0.0986. The number of nitro groups is 1. The maximum Gasteiger partial charge on any atom is 0.311 e. The van der Waals surface area contributed by atoms with E-state index in [1.54, 1.807) is 0 Å². The Morgan fingerprint density at radius 3 is 2.86 bits per heavy atom. The van der Waals surface area contributed by atoms with Gasteiger partial charge in [-0.3, -0.25) is 10.1 Å². The molecule has 0 spiro atoms. The lowest BCUT2D eigenvalue weighted by Crippen LogP contribution is -1.89. The minimum atomic E-state index is -0.665. The maximum absolute atomic E-state index is 10.4. The molecule has 0 radical (unpaired) electrons. The van der Waals surface area contributed by atoms with Crippen molar-refractivity contribution >= 4 is 17.3 Å². The number of phenolic OH excluding ortho intramolecular Hbond substituents is 1. The number of hydrogen-bond donors (Lipinski definition) is 1. The van der Waals surface area contributed by atoms with Gasteiger partial charge in [0.15, 0.2) is 5.75 Å². The molecule has 0 atom stereocenters. The molecule has 72 valence electrons. The van der Waals surface area contributed by atoms with E-state index in [-0.39, 0.29) is 17.3 Å². The van der Waals surface area contributed by atoms with Crippen LogP contribution >= 0.6 is 11.6 Å². The first-order chi connectivity index (χ1) is 6.65. The molecule has 14 heavy (non-hydrogen) atoms. The molecule has 0 saturated heterocycles. The van der Waals surface area contributed by atoms with E-state index in [2.05, 4.69) is 11.8 Å². The van der Waals surface area contributed by atoms with Gasteiger partial charge in [-0.15, -0.1) is 11.6 Å². The topological polar surface area (TPSA) is 63.4 Å². The second-order valence-electron chi connectivity index (χ2n) is 2.40. The summed E-state index contributed by atoms with van der Waals surface area (Å²) in [5.74, 6) is 4.97. The van der Waals surface area contributed by atoms with Gasteiger partial charge in [0, 0.05) is 11.6 Å². The van der Waals surface area contributed by atoms with Gasteiger partial charge in [0.25, 0.3) is 0 Å². The van der Waals surface area contributed by atoms with E-state index in [0.717, 1.165) is 0 Å². The lowest BCUT2D eigenvalue weighted by atomic mass is 10.2. The molecule has 0 aliphatic carbocycles. The molecule has 1 rings (SSSR count). The molecular weight excluding hydrogens is 206 g/mol. The highest BCUT2D eigenvalue weighted by atomic mass is 35.5. The zero-order chi connectivity index (χ0) is 10.6. The second kappa shape index (κ2) is 4.49. The number of hydrogen-bond acceptors (Lipinski definition) is 3. The molecule has 0 fully saturated rings. The van der Waals surface area contributed by atoms with Gasteiger partial charge < -0.3 is 5.11 Å². The minimum Gasteiger partial charge on any atom is -0.502 e. The summed E-state index contributed by atoms with van der Waals surface area (Å²) in [6, 6.07) is 3.92. The number of nitro benzene ring substituents is 1. The van der Waals surface area contributed by atoms with Crippen molar-refractivity contribution in [3.63, 3.8) is 0 Å². The van der Waals surface area contributed by atoms with E-state index in [0.29, 0.717) is 5.56 Å². The number of benzene rings is 1. The van der Waals surface area contributed by atoms with Crippen LogP contribution in [0.4, 0.5) is 5.69 Å². The number of alkyl halides is 1. The number of aromatic hydroxyl groups is 1. The first-order valence-corrected chi connectivity index (χ1v) is 4.21. The fourth-order valence-corrected chi connectivity index (χ4v) is 0.950. The van der Waals surface area contributed by atoms with Gasteiger partial charge in [0.2, 0.25) is 0 Å². The molecule has 0 aromatic heterocycles. The molecule has 0 heterocycles. The quantitative estimate of drug-likeness (QED) is 0.334. The van der Waals surface area contributed by atoms with Crippen molar-refractivity contribution in [1.29, 1.82) is 0 Å². The monoisotopic (exact) mass is 211 g/mol. The highest BCUT2D eigenvalue weighted by molar-refractivity contribution is 6.19. The second-order valence-corrected chi connectivity index (χ2v) is 2.66. The first kappa shape index (κ1) is 10.4. The van der Waals surface area contributed by atoms with Crippen LogP contribution in [0, 0.1) is 22.0 Å². The smallest absolute Gasteiger partial charge is 0.311 e. The van der Waals surface area contributed by atoms with Gasteiger partial charge in [0.05, 0.1) is 10.8 Å². The van der Waals surface area contributed by atoms with Crippen molar-refractivity contribution in [1.82, 2.24) is 0 Å². The van der Waals surface area contributed by atoms with Crippen LogP contribution in [0.1, 0.15) is 5.56 Å². The molecule has 1 N–H and O–H groups in total. The average molecular weight is 212 g/mol. The van der Waals surface area contributed by atoms with E-state index >= 15 is 0 Å². The number of rotatable bonds is 1. The molecule has 0 aliphatic heterocycles. The van der Waals surface area contributed by atoms with Crippen LogP contribution in [0.15, 0.2) is 18.2 Å². The van der Waals surface area contributed by atoms with E-state index < -0.39 is 4.92 Å². The summed E-state index contributed by atoms with van der Waals surface area (Å²) in [5, 5.41) is 19.5. The fraction of sp³-hybridized carbons (Fsp3) is 0.111. The number of phenols is 1. The summed E-state index contributed by atoms with van der Waals surface area (Å²) in [6.45, 7) is 0. The van der Waals surface area contributed by atoms with Crippen molar-refractivity contribution in [2.24, 2.45) is 0 Å². The standard InChI is InChI=1S/C9H6ClNO3/c10-5-1-2-7-3-4-9(12)8(6-7)11(13)14/h3-4,6,12H,5H2. The highest BCUT2D eigenvalue weighted by Gasteiger charge is 2.12. The molecule has 1 aromatic carbocycles. The van der Waals surface area contributed by atoms with Crippen LogP contribution in [-0.2, 0) is 0 Å². The molecule has 0 amide bonds. The molecule has 1 aromatic rings. The Bertz CT molecular complexity index is 420. The lowest BCUT2D eigenvalue weighted by molar-refractivity contribution is -0.385. The SMILES string of the molecule is O=[N+]([O-])c1cc(C#CCCl)ccc1O. The molecule has 0 bridgehead atoms. The number of halogens is 1. The van der Waals surface area contributed by atoms with Crippen molar-refractivity contribution in [3.8, 4) is 17.6 Å². The first-order valence-electron chi connectivity index (χ1n) is 3.67. The van der Waals surface area contributed by atoms with Gasteiger partial charge in [-0.05, 0) is 12.1 Å². The van der Waals surface area contributed by atoms with Crippen LogP contribution in [0.5, 0.6) is 5.75 Å². The molecule has 0 aliphatic rings. The third kappa shape index (κ3) is 2.38. The normalized spacial score (nSPS) is 8.93. The van der Waals surface area contributed by atoms with Crippen LogP contribution in [0.3, 0.4) is 0 Å². The van der Waals surface area contributed by atoms with E-state index in [1.165, 1.54) is 18.2 Å². The fourth-order valence-electron chi connectivity index (χ4n) is 0.883. The van der Waals surface area contributed by atoms with E-state index in [4.69, 9.17) is 16.7 Å². The van der Waals surface area contributed by atoms with Crippen molar-refractivity contribution in [2.45, 2.75) is 0 Å². The summed E-state index contributed by atoms with van der Waals surface area (Å²) < 4.78 is 0. The van der Waals surface area contributed by atoms with E-state index in [9.17, 15) is 10.1 Å². The lowest BCUT2D eigenvalue weighted by Gasteiger charge is -1.95. The molecule has 0 saturated carbocycles. The van der Waals surface area contributed by atoms with Crippen molar-refractivity contribution < 1.29 is 10.0 Å².